The number of nitrogens with zero attached hydrogens (tertiary/aromatic N) is 4. The molecule has 16 nitrogen and oxygen atoms in total. The Morgan fingerprint density at radius 2 is 2.00 bits per heavy atom. The molecule has 39 heavy (non-hydrogen) atoms. The van der Waals surface area contributed by atoms with Gasteiger partial charge in [0, 0.05) is 24.3 Å². The predicted molar refractivity (Wildman–Crippen MR) is 135 cm³/mol. The third kappa shape index (κ3) is 7.13. The van der Waals surface area contributed by atoms with Crippen molar-refractivity contribution in [1.29, 1.82) is 0 Å². The van der Waals surface area contributed by atoms with E-state index in [2.05, 4.69) is 15.1 Å². The van der Waals surface area contributed by atoms with Gasteiger partial charge >= 0.3 is 19.4 Å². The Morgan fingerprint density at radius 1 is 1.31 bits per heavy atom. The predicted octanol–water partition coefficient (Wildman–Crippen LogP) is 1.58. The molecule has 0 saturated carbocycles. The molecule has 1 aromatic carbocycles. The number of benzene rings is 1. The summed E-state index contributed by atoms with van der Waals surface area (Å²) in [5.41, 5.74) is 7.46. The zero-order chi connectivity index (χ0) is 28.8. The molecule has 2 unspecified atom stereocenters. The second-order valence-electron chi connectivity index (χ2n) is 8.69. The van der Waals surface area contributed by atoms with E-state index in [1.54, 1.807) is 32.0 Å². The van der Waals surface area contributed by atoms with Crippen LogP contribution in [0, 0.1) is 0 Å². The molecule has 3 N–H and O–H groups in total. The van der Waals surface area contributed by atoms with E-state index in [-0.39, 0.29) is 5.75 Å². The Bertz CT molecular complexity index is 1360. The number of carbonyl (C=O) groups excluding carboxylic acids is 1. The molecule has 0 radical (unpaired) electrons. The van der Waals surface area contributed by atoms with E-state index in [1.165, 1.54) is 19.1 Å². The molecular formula is C22H29N6O10P. The van der Waals surface area contributed by atoms with Gasteiger partial charge in [-0.3, -0.25) is 23.7 Å². The number of azide groups is 1. The fourth-order valence-electron chi connectivity index (χ4n) is 3.65. The second kappa shape index (κ2) is 12.6. The van der Waals surface area contributed by atoms with Crippen molar-refractivity contribution in [1.82, 2.24) is 14.6 Å². The molecule has 0 bridgehead atoms. The van der Waals surface area contributed by atoms with E-state index in [1.807, 2.05) is 4.98 Å². The molecule has 1 saturated heterocycles. The third-order valence-corrected chi connectivity index (χ3v) is 7.13. The number of rotatable bonds is 12. The van der Waals surface area contributed by atoms with Crippen LogP contribution in [-0.2, 0) is 28.1 Å². The van der Waals surface area contributed by atoms with E-state index in [9.17, 15) is 24.1 Å². The van der Waals surface area contributed by atoms with Gasteiger partial charge in [0.2, 0.25) is 5.79 Å². The van der Waals surface area contributed by atoms with Crippen LogP contribution in [0.4, 0.5) is 0 Å². The summed E-state index contributed by atoms with van der Waals surface area (Å²) in [5, 5.41) is 17.1. The lowest BCUT2D eigenvalue weighted by Gasteiger charge is -2.32. The van der Waals surface area contributed by atoms with E-state index in [4.69, 9.17) is 28.8 Å². The number of H-pyrrole nitrogens is 1. The Morgan fingerprint density at radius 3 is 2.59 bits per heavy atom. The number of esters is 1. The summed E-state index contributed by atoms with van der Waals surface area (Å²) in [6.07, 6.45) is -2.57. The number of hydrogen-bond donors (Lipinski definition) is 3. The molecule has 2 aromatic rings. The van der Waals surface area contributed by atoms with Crippen molar-refractivity contribution in [2.75, 3.05) is 13.7 Å². The lowest BCUT2D eigenvalue weighted by molar-refractivity contribution is -0.266. The highest BCUT2D eigenvalue weighted by Crippen LogP contribution is 2.48. The van der Waals surface area contributed by atoms with Gasteiger partial charge in [-0.1, -0.05) is 23.3 Å². The fourth-order valence-corrected chi connectivity index (χ4v) is 5.15. The number of aromatic amines is 1. The van der Waals surface area contributed by atoms with Gasteiger partial charge in [0.05, 0.1) is 6.10 Å². The van der Waals surface area contributed by atoms with Crippen LogP contribution in [0.25, 0.3) is 10.4 Å². The van der Waals surface area contributed by atoms with Crippen LogP contribution in [0.5, 0.6) is 5.75 Å². The monoisotopic (exact) mass is 568 g/mol. The fraction of sp³-hybridized carbons (Fsp3) is 0.500. The molecule has 0 aliphatic carbocycles. The van der Waals surface area contributed by atoms with Crippen LogP contribution in [0.2, 0.25) is 0 Å². The summed E-state index contributed by atoms with van der Waals surface area (Å²) in [6, 6.07) is 6.36. The standard InChI is InChI=1S/C22H29N6O10P/c1-13(2)36-20(31)14(3)26-39(33,38-15-8-6-5-7-9-15)35-12-22(34-4)18(30)17(25-27-23)19(37-22)28-11-10-16(29)24-21(28)32/h5-11,13-14,17-19,30H,12H2,1-4H3,(H,26,33)(H,24,29,32)/t14-,17?,18+,19-,22-,39?/m1/s1. The van der Waals surface area contributed by atoms with E-state index in [0.717, 1.165) is 23.9 Å². The minimum Gasteiger partial charge on any atom is -0.462 e. The highest BCUT2D eigenvalue weighted by molar-refractivity contribution is 7.52. The number of hydrogen-bond acceptors (Lipinski definition) is 11. The van der Waals surface area contributed by atoms with Gasteiger partial charge in [-0.2, -0.15) is 5.09 Å². The van der Waals surface area contributed by atoms with Crippen LogP contribution >= 0.6 is 7.75 Å². The second-order valence-corrected chi connectivity index (χ2v) is 10.4. The minimum atomic E-state index is -4.41. The average Bonchev–Trinajstić information content (AvgIpc) is 3.15. The van der Waals surface area contributed by atoms with Gasteiger partial charge in [-0.05, 0) is 38.4 Å². The number of aliphatic hydroxyl groups excluding tert-OH is 1. The summed E-state index contributed by atoms with van der Waals surface area (Å²) >= 11 is 0. The van der Waals surface area contributed by atoms with Gasteiger partial charge in [-0.15, -0.1) is 0 Å². The SMILES string of the molecule is CO[C@]1(COP(=O)(N[C@H](C)C(=O)OC(C)C)Oc2ccccc2)O[C@@H](n2ccc(=O)[nH]c2=O)C(N=[N+]=[N-])[C@@H]1O. The summed E-state index contributed by atoms with van der Waals surface area (Å²) in [7, 11) is -3.28. The maximum Gasteiger partial charge on any atom is 0.459 e. The molecule has 212 valence electrons. The highest BCUT2D eigenvalue weighted by Gasteiger charge is 2.57. The first-order valence-corrected chi connectivity index (χ1v) is 13.2. The van der Waals surface area contributed by atoms with E-state index >= 15 is 0 Å². The van der Waals surface area contributed by atoms with Crippen LogP contribution in [-0.4, -0.2) is 64.4 Å². The maximum atomic E-state index is 13.8. The maximum absolute atomic E-state index is 13.8. The molecule has 1 aliphatic rings. The Balaban J connectivity index is 1.92. The molecule has 3 rings (SSSR count). The van der Waals surface area contributed by atoms with Gasteiger partial charge in [-0.25, -0.2) is 9.36 Å². The van der Waals surface area contributed by atoms with Crippen molar-refractivity contribution in [3.8, 4) is 5.75 Å². The third-order valence-electron chi connectivity index (χ3n) is 5.50. The Hall–Kier alpha value is -3.49. The zero-order valence-electron chi connectivity index (χ0n) is 21.5. The molecule has 1 fully saturated rings. The summed E-state index contributed by atoms with van der Waals surface area (Å²) in [5.74, 6) is -2.75. The normalized spacial score (nSPS) is 24.9. The first kappa shape index (κ1) is 30.1. The van der Waals surface area contributed by atoms with Crippen molar-refractivity contribution in [3.63, 3.8) is 0 Å². The van der Waals surface area contributed by atoms with Crippen molar-refractivity contribution >= 4 is 13.7 Å². The number of aromatic nitrogens is 2. The lowest BCUT2D eigenvalue weighted by Crippen LogP contribution is -2.48. The molecule has 0 spiro atoms. The van der Waals surface area contributed by atoms with Gasteiger partial charge in [0.15, 0.2) is 6.23 Å². The van der Waals surface area contributed by atoms with Crippen LogP contribution in [0.1, 0.15) is 27.0 Å². The molecule has 1 aliphatic heterocycles. The summed E-state index contributed by atoms with van der Waals surface area (Å²) in [6.45, 7) is 3.89. The van der Waals surface area contributed by atoms with E-state index < -0.39 is 67.9 Å². The molecular weight excluding hydrogens is 539 g/mol. The molecule has 17 heteroatoms. The lowest BCUT2D eigenvalue weighted by atomic mass is 10.1. The van der Waals surface area contributed by atoms with Crippen LogP contribution < -0.4 is 20.9 Å². The average molecular weight is 568 g/mol. The molecule has 6 atom stereocenters. The molecule has 2 heterocycles. The van der Waals surface area contributed by atoms with Gasteiger partial charge < -0.3 is 23.8 Å². The number of nitrogens with one attached hydrogen (secondary N) is 2. The zero-order valence-corrected chi connectivity index (χ0v) is 22.4. The number of para-hydroxylation sites is 1. The number of carbonyl (C=O) groups is 1. The smallest absolute Gasteiger partial charge is 0.459 e. The van der Waals surface area contributed by atoms with E-state index in [0.29, 0.717) is 0 Å². The summed E-state index contributed by atoms with van der Waals surface area (Å²) in [4.78, 5) is 41.0. The number of ether oxygens (including phenoxy) is 3. The first-order valence-electron chi connectivity index (χ1n) is 11.7. The van der Waals surface area contributed by atoms with Crippen molar-refractivity contribution in [2.45, 2.75) is 57.1 Å². The van der Waals surface area contributed by atoms with Crippen molar-refractivity contribution < 1.29 is 37.7 Å². The largest absolute Gasteiger partial charge is 0.462 e. The van der Waals surface area contributed by atoms with Crippen LogP contribution in [0.15, 0.2) is 57.3 Å². The molecule has 1 aromatic heterocycles. The van der Waals surface area contributed by atoms with Gasteiger partial charge in [0.1, 0.15) is 30.5 Å². The van der Waals surface area contributed by atoms with Crippen molar-refractivity contribution in [3.05, 3.63) is 73.9 Å². The van der Waals surface area contributed by atoms with Crippen LogP contribution in [0.3, 0.4) is 0 Å². The first-order chi connectivity index (χ1) is 18.4. The Kier molecular flexibility index (Phi) is 9.69. The number of methoxy groups -OCH3 is 1. The molecule has 0 amide bonds. The minimum absolute atomic E-state index is 0.127. The Labute approximate surface area is 222 Å². The highest BCUT2D eigenvalue weighted by atomic mass is 31.2. The summed E-state index contributed by atoms with van der Waals surface area (Å²) < 4.78 is 42.2. The van der Waals surface area contributed by atoms with Gasteiger partial charge in [0.25, 0.3) is 5.56 Å². The number of aliphatic hydroxyl groups is 1. The topological polar surface area (TPSA) is 216 Å². The quantitative estimate of drug-likeness (QED) is 0.110. The van der Waals surface area contributed by atoms with Crippen molar-refractivity contribution in [2.24, 2.45) is 5.11 Å².